The Bertz CT molecular complexity index is 432. The number of nitrogens with one attached hydrogen (secondary N) is 1. The summed E-state index contributed by atoms with van der Waals surface area (Å²) < 4.78 is 10.5. The van der Waals surface area contributed by atoms with Crippen LogP contribution in [0.4, 0.5) is 4.79 Å². The van der Waals surface area contributed by atoms with Crippen LogP contribution < -0.4 is 5.32 Å². The molecule has 0 aromatic carbocycles. The molecule has 0 bridgehead atoms. The number of nitrogens with zero attached hydrogens (tertiary/aromatic N) is 4. The number of piperazine rings is 1. The Hall–Kier alpha value is -1.54. The predicted molar refractivity (Wildman–Crippen MR) is 98.0 cm³/mol. The molecule has 144 valence electrons. The fourth-order valence-corrected chi connectivity index (χ4v) is 3.09. The van der Waals surface area contributed by atoms with Crippen LogP contribution in [0.25, 0.3) is 0 Å². The van der Waals surface area contributed by atoms with Crippen molar-refractivity contribution < 1.29 is 14.3 Å². The third kappa shape index (κ3) is 6.04. The van der Waals surface area contributed by atoms with Crippen LogP contribution in [0.1, 0.15) is 20.8 Å². The lowest BCUT2D eigenvalue weighted by atomic mass is 10.2. The van der Waals surface area contributed by atoms with Gasteiger partial charge in [0.1, 0.15) is 0 Å². The smallest absolute Gasteiger partial charge is 0.409 e. The first kappa shape index (κ1) is 19.8. The summed E-state index contributed by atoms with van der Waals surface area (Å²) in [4.78, 5) is 23.1. The second-order valence-electron chi connectivity index (χ2n) is 6.37. The van der Waals surface area contributed by atoms with Crippen molar-refractivity contribution in [2.75, 3.05) is 72.2 Å². The Labute approximate surface area is 151 Å². The normalized spacial score (nSPS) is 21.2. The van der Waals surface area contributed by atoms with Gasteiger partial charge in [0.05, 0.1) is 26.4 Å². The molecule has 2 heterocycles. The molecule has 2 saturated heterocycles. The van der Waals surface area contributed by atoms with Gasteiger partial charge in [0, 0.05) is 51.9 Å². The lowest BCUT2D eigenvalue weighted by Gasteiger charge is -2.36. The molecule has 25 heavy (non-hydrogen) atoms. The molecule has 2 aliphatic heterocycles. The number of aliphatic imine (C=N–C) groups is 1. The zero-order valence-electron chi connectivity index (χ0n) is 15.9. The zero-order chi connectivity index (χ0) is 18.1. The summed E-state index contributed by atoms with van der Waals surface area (Å²) in [5.41, 5.74) is 0. The Morgan fingerprint density at radius 1 is 1.12 bits per heavy atom. The molecule has 8 heteroatoms. The minimum absolute atomic E-state index is 0.218. The highest BCUT2D eigenvalue weighted by Crippen LogP contribution is 2.07. The Kier molecular flexibility index (Phi) is 8.27. The largest absolute Gasteiger partial charge is 0.450 e. The van der Waals surface area contributed by atoms with Gasteiger partial charge in [0.15, 0.2) is 5.96 Å². The molecule has 0 aliphatic carbocycles. The van der Waals surface area contributed by atoms with Gasteiger partial charge in [-0.2, -0.15) is 0 Å². The average Bonchev–Trinajstić information content (AvgIpc) is 2.66. The summed E-state index contributed by atoms with van der Waals surface area (Å²) in [5, 5.41) is 3.38. The second kappa shape index (κ2) is 10.5. The Morgan fingerprint density at radius 3 is 2.36 bits per heavy atom. The number of amides is 1. The van der Waals surface area contributed by atoms with E-state index in [1.54, 1.807) is 4.90 Å². The maximum absolute atomic E-state index is 11.8. The molecule has 1 amide bonds. The third-order valence-electron chi connectivity index (χ3n) is 4.61. The molecule has 1 atom stereocenters. The van der Waals surface area contributed by atoms with Crippen LogP contribution in [0, 0.1) is 0 Å². The minimum Gasteiger partial charge on any atom is -0.450 e. The fourth-order valence-electron chi connectivity index (χ4n) is 3.09. The molecule has 0 saturated carbocycles. The average molecular weight is 355 g/mol. The maximum Gasteiger partial charge on any atom is 0.409 e. The third-order valence-corrected chi connectivity index (χ3v) is 4.61. The van der Waals surface area contributed by atoms with Gasteiger partial charge >= 0.3 is 6.09 Å². The van der Waals surface area contributed by atoms with Crippen molar-refractivity contribution in [2.45, 2.75) is 26.8 Å². The number of hydrogen-bond acceptors (Lipinski definition) is 5. The summed E-state index contributed by atoms with van der Waals surface area (Å²) in [6, 6.07) is 0.401. The van der Waals surface area contributed by atoms with E-state index in [1.807, 2.05) is 6.92 Å². The van der Waals surface area contributed by atoms with Crippen LogP contribution in [-0.2, 0) is 9.47 Å². The molecule has 1 unspecified atom stereocenters. The molecule has 0 radical (unpaired) electrons. The van der Waals surface area contributed by atoms with Crippen molar-refractivity contribution in [2.24, 2.45) is 4.99 Å². The van der Waals surface area contributed by atoms with Gasteiger partial charge in [-0.25, -0.2) is 4.79 Å². The molecular formula is C17H33N5O3. The van der Waals surface area contributed by atoms with Gasteiger partial charge in [-0.15, -0.1) is 0 Å². The van der Waals surface area contributed by atoms with E-state index in [0.29, 0.717) is 25.7 Å². The molecule has 0 aromatic heterocycles. The van der Waals surface area contributed by atoms with Crippen LogP contribution in [0.2, 0.25) is 0 Å². The van der Waals surface area contributed by atoms with E-state index in [2.05, 4.69) is 29.0 Å². The lowest BCUT2D eigenvalue weighted by Crippen LogP contribution is -2.54. The number of morpholine rings is 1. The summed E-state index contributed by atoms with van der Waals surface area (Å²) in [5.74, 6) is 0.936. The molecule has 0 spiro atoms. The highest BCUT2D eigenvalue weighted by molar-refractivity contribution is 5.80. The molecule has 2 rings (SSSR count). The van der Waals surface area contributed by atoms with E-state index in [9.17, 15) is 4.79 Å². The number of guanidine groups is 1. The van der Waals surface area contributed by atoms with Crippen LogP contribution in [0.5, 0.6) is 0 Å². The van der Waals surface area contributed by atoms with Crippen LogP contribution in [-0.4, -0.2) is 105 Å². The SMILES string of the molecule is CCNC(=NCC(C)N1CCOCC1)N1CCN(C(=O)OCC)CC1. The first-order valence-electron chi connectivity index (χ1n) is 9.42. The number of ether oxygens (including phenoxy) is 2. The molecular weight excluding hydrogens is 322 g/mol. The van der Waals surface area contributed by atoms with Gasteiger partial charge < -0.3 is 24.6 Å². The van der Waals surface area contributed by atoms with Gasteiger partial charge in [-0.3, -0.25) is 9.89 Å². The maximum atomic E-state index is 11.8. The van der Waals surface area contributed by atoms with Crippen LogP contribution in [0.15, 0.2) is 4.99 Å². The van der Waals surface area contributed by atoms with Crippen molar-refractivity contribution in [1.82, 2.24) is 20.0 Å². The van der Waals surface area contributed by atoms with Crippen molar-refractivity contribution in [1.29, 1.82) is 0 Å². The van der Waals surface area contributed by atoms with Gasteiger partial charge in [-0.1, -0.05) is 0 Å². The highest BCUT2D eigenvalue weighted by Gasteiger charge is 2.24. The van der Waals surface area contributed by atoms with E-state index in [0.717, 1.165) is 58.4 Å². The number of rotatable bonds is 5. The van der Waals surface area contributed by atoms with Crippen molar-refractivity contribution in [3.8, 4) is 0 Å². The predicted octanol–water partition coefficient (Wildman–Crippen LogP) is 0.447. The van der Waals surface area contributed by atoms with Gasteiger partial charge in [-0.05, 0) is 20.8 Å². The number of hydrogen-bond donors (Lipinski definition) is 1. The van der Waals surface area contributed by atoms with Crippen LogP contribution >= 0.6 is 0 Å². The molecule has 1 N–H and O–H groups in total. The molecule has 0 aromatic rings. The van der Waals surface area contributed by atoms with E-state index in [4.69, 9.17) is 14.5 Å². The summed E-state index contributed by atoms with van der Waals surface area (Å²) in [6.07, 6.45) is -0.218. The Balaban J connectivity index is 1.86. The Morgan fingerprint density at radius 2 is 1.76 bits per heavy atom. The van der Waals surface area contributed by atoms with E-state index in [-0.39, 0.29) is 6.09 Å². The quantitative estimate of drug-likeness (QED) is 0.570. The number of carbonyl (C=O) groups excluding carboxylic acids is 1. The fraction of sp³-hybridized carbons (Fsp3) is 0.882. The zero-order valence-corrected chi connectivity index (χ0v) is 15.9. The van der Waals surface area contributed by atoms with Crippen molar-refractivity contribution >= 4 is 12.1 Å². The second-order valence-corrected chi connectivity index (χ2v) is 6.37. The van der Waals surface area contributed by atoms with Gasteiger partial charge in [0.2, 0.25) is 0 Å². The summed E-state index contributed by atoms with van der Waals surface area (Å²) in [7, 11) is 0. The molecule has 8 nitrogen and oxygen atoms in total. The minimum atomic E-state index is -0.218. The van der Waals surface area contributed by atoms with E-state index in [1.165, 1.54) is 0 Å². The van der Waals surface area contributed by atoms with Crippen molar-refractivity contribution in [3.63, 3.8) is 0 Å². The van der Waals surface area contributed by atoms with Crippen LogP contribution in [0.3, 0.4) is 0 Å². The van der Waals surface area contributed by atoms with Gasteiger partial charge in [0.25, 0.3) is 0 Å². The first-order chi connectivity index (χ1) is 12.2. The summed E-state index contributed by atoms with van der Waals surface area (Å²) in [6.45, 7) is 14.6. The van der Waals surface area contributed by atoms with E-state index < -0.39 is 0 Å². The topological polar surface area (TPSA) is 69.6 Å². The lowest BCUT2D eigenvalue weighted by molar-refractivity contribution is 0.0220. The molecule has 2 fully saturated rings. The number of carbonyl (C=O) groups is 1. The summed E-state index contributed by atoms with van der Waals surface area (Å²) >= 11 is 0. The highest BCUT2D eigenvalue weighted by atomic mass is 16.6. The standard InChI is InChI=1S/C17H33N5O3/c1-4-18-16(19-14-15(3)20-10-12-24-13-11-20)21-6-8-22(9-7-21)17(23)25-5-2/h15H,4-14H2,1-3H3,(H,18,19). The van der Waals surface area contributed by atoms with E-state index >= 15 is 0 Å². The van der Waals surface area contributed by atoms with Crippen molar-refractivity contribution in [3.05, 3.63) is 0 Å². The first-order valence-corrected chi connectivity index (χ1v) is 9.42. The molecule has 2 aliphatic rings. The monoisotopic (exact) mass is 355 g/mol.